The molecule has 0 bridgehead atoms. The highest BCUT2D eigenvalue weighted by Gasteiger charge is 2.33. The first kappa shape index (κ1) is 23.2. The van der Waals surface area contributed by atoms with Crippen LogP contribution in [0.25, 0.3) is 0 Å². The second-order valence-electron chi connectivity index (χ2n) is 7.20. The van der Waals surface area contributed by atoms with Crippen LogP contribution in [0.3, 0.4) is 0 Å². The zero-order valence-corrected chi connectivity index (χ0v) is 18.3. The molecule has 2 aromatic carbocycles. The van der Waals surface area contributed by atoms with Crippen molar-refractivity contribution in [3.63, 3.8) is 0 Å². The third-order valence-electron chi connectivity index (χ3n) is 5.08. The zero-order chi connectivity index (χ0) is 22.4. The minimum absolute atomic E-state index is 0.0314. The van der Waals surface area contributed by atoms with Crippen molar-refractivity contribution in [2.45, 2.75) is 36.6 Å². The lowest BCUT2D eigenvalue weighted by Crippen LogP contribution is -2.45. The van der Waals surface area contributed by atoms with Crippen LogP contribution in [0.5, 0.6) is 0 Å². The predicted molar refractivity (Wildman–Crippen MR) is 116 cm³/mol. The van der Waals surface area contributed by atoms with Crippen molar-refractivity contribution in [1.29, 1.82) is 0 Å². The van der Waals surface area contributed by atoms with Crippen molar-refractivity contribution in [2.75, 3.05) is 18.4 Å². The van der Waals surface area contributed by atoms with E-state index >= 15 is 0 Å². The first-order chi connectivity index (χ1) is 14.8. The Labute approximate surface area is 185 Å². The van der Waals surface area contributed by atoms with Crippen LogP contribution in [-0.2, 0) is 19.6 Å². The molecule has 0 aromatic heterocycles. The number of halogens is 2. The summed E-state index contributed by atoms with van der Waals surface area (Å²) in [5.74, 6) is -2.19. The predicted octanol–water partition coefficient (Wildman–Crippen LogP) is 3.17. The summed E-state index contributed by atoms with van der Waals surface area (Å²) in [7, 11) is -3.78. The van der Waals surface area contributed by atoms with Crippen molar-refractivity contribution in [1.82, 2.24) is 9.62 Å². The van der Waals surface area contributed by atoms with Crippen LogP contribution in [0.15, 0.2) is 53.4 Å². The molecular formula is C21H23ClFN3O4S. The Balaban J connectivity index is 1.58. The van der Waals surface area contributed by atoms with Gasteiger partial charge in [0.05, 0.1) is 15.6 Å². The van der Waals surface area contributed by atoms with Crippen LogP contribution in [0, 0.1) is 5.82 Å². The summed E-state index contributed by atoms with van der Waals surface area (Å²) in [4.78, 5) is 24.2. The van der Waals surface area contributed by atoms with Crippen molar-refractivity contribution >= 4 is 39.1 Å². The van der Waals surface area contributed by atoms with Gasteiger partial charge in [0.15, 0.2) is 0 Å². The van der Waals surface area contributed by atoms with E-state index in [1.165, 1.54) is 16.4 Å². The molecule has 2 amide bonds. The molecule has 1 saturated heterocycles. The Morgan fingerprint density at radius 2 is 1.77 bits per heavy atom. The third-order valence-corrected chi connectivity index (χ3v) is 7.38. The molecular weight excluding hydrogens is 445 g/mol. The van der Waals surface area contributed by atoms with Gasteiger partial charge in [-0.1, -0.05) is 30.2 Å². The van der Waals surface area contributed by atoms with Crippen LogP contribution in [0.4, 0.5) is 10.1 Å². The van der Waals surface area contributed by atoms with E-state index in [2.05, 4.69) is 10.6 Å². The van der Waals surface area contributed by atoms with Crippen LogP contribution in [-0.4, -0.2) is 43.7 Å². The van der Waals surface area contributed by atoms with Gasteiger partial charge in [-0.05, 0) is 55.7 Å². The van der Waals surface area contributed by atoms with E-state index < -0.39 is 27.7 Å². The molecule has 0 radical (unpaired) electrons. The van der Waals surface area contributed by atoms with Crippen molar-refractivity contribution in [3.05, 3.63) is 59.4 Å². The van der Waals surface area contributed by atoms with Gasteiger partial charge in [0, 0.05) is 19.1 Å². The SMILES string of the molecule is O=C(NCC[C@H]1CCCCN1S(=O)(=O)c1ccc(F)cc1)C(=O)Nc1ccccc1Cl. The standard InChI is InChI=1S/C21H23ClFN3O4S/c22-18-6-1-2-7-19(18)25-21(28)20(27)24-13-12-16-5-3-4-14-26(16)31(29,30)17-10-8-15(23)9-11-17/h1-2,6-11,16H,3-5,12-14H2,(H,24,27)(H,25,28)/t16-/m1/s1. The second kappa shape index (κ2) is 10.2. The molecule has 2 N–H and O–H groups in total. The summed E-state index contributed by atoms with van der Waals surface area (Å²) in [5.41, 5.74) is 0.327. The molecule has 7 nitrogen and oxygen atoms in total. The third kappa shape index (κ3) is 5.81. The highest BCUT2D eigenvalue weighted by Crippen LogP contribution is 2.27. The maximum absolute atomic E-state index is 13.2. The number of carbonyl (C=O) groups is 2. The van der Waals surface area contributed by atoms with E-state index in [0.717, 1.165) is 25.0 Å². The number of carbonyl (C=O) groups excluding carboxylic acids is 2. The highest BCUT2D eigenvalue weighted by molar-refractivity contribution is 7.89. The van der Waals surface area contributed by atoms with Gasteiger partial charge in [-0.2, -0.15) is 4.31 Å². The molecule has 0 aliphatic carbocycles. The smallest absolute Gasteiger partial charge is 0.313 e. The van der Waals surface area contributed by atoms with E-state index in [0.29, 0.717) is 30.1 Å². The Hall–Kier alpha value is -2.49. The topological polar surface area (TPSA) is 95.6 Å². The van der Waals surface area contributed by atoms with Gasteiger partial charge in [-0.3, -0.25) is 9.59 Å². The number of hydrogen-bond donors (Lipinski definition) is 2. The molecule has 1 aliphatic heterocycles. The van der Waals surface area contributed by atoms with Gasteiger partial charge in [-0.15, -0.1) is 0 Å². The van der Waals surface area contributed by atoms with Crippen LogP contribution >= 0.6 is 11.6 Å². The molecule has 10 heteroatoms. The summed E-state index contributed by atoms with van der Waals surface area (Å²) in [6, 6.07) is 11.0. The molecule has 0 unspecified atom stereocenters. The van der Waals surface area contributed by atoms with Gasteiger partial charge in [0.1, 0.15) is 5.82 Å². The van der Waals surface area contributed by atoms with Crippen molar-refractivity contribution in [2.24, 2.45) is 0 Å². The highest BCUT2D eigenvalue weighted by atomic mass is 35.5. The molecule has 1 aliphatic rings. The zero-order valence-electron chi connectivity index (χ0n) is 16.7. The van der Waals surface area contributed by atoms with E-state index in [4.69, 9.17) is 11.6 Å². The van der Waals surface area contributed by atoms with Gasteiger partial charge >= 0.3 is 11.8 Å². The molecule has 1 heterocycles. The lowest BCUT2D eigenvalue weighted by atomic mass is 10.0. The summed E-state index contributed by atoms with van der Waals surface area (Å²) < 4.78 is 40.6. The summed E-state index contributed by atoms with van der Waals surface area (Å²) in [6.07, 6.45) is 2.58. The summed E-state index contributed by atoms with van der Waals surface area (Å²) >= 11 is 5.97. The van der Waals surface area contributed by atoms with Crippen LogP contribution in [0.1, 0.15) is 25.7 Å². The average molecular weight is 468 g/mol. The van der Waals surface area contributed by atoms with E-state index in [9.17, 15) is 22.4 Å². The van der Waals surface area contributed by atoms with Crippen LogP contribution < -0.4 is 10.6 Å². The van der Waals surface area contributed by atoms with Gasteiger partial charge in [-0.25, -0.2) is 12.8 Å². The fraction of sp³-hybridized carbons (Fsp3) is 0.333. The number of nitrogens with one attached hydrogen (secondary N) is 2. The maximum atomic E-state index is 13.2. The lowest BCUT2D eigenvalue weighted by Gasteiger charge is -2.34. The Morgan fingerprint density at radius 1 is 1.06 bits per heavy atom. The van der Waals surface area contributed by atoms with Crippen molar-refractivity contribution in [3.8, 4) is 0 Å². The molecule has 3 rings (SSSR count). The summed E-state index contributed by atoms with van der Waals surface area (Å²) in [5, 5.41) is 5.27. The number of anilines is 1. The van der Waals surface area contributed by atoms with E-state index in [1.54, 1.807) is 24.3 Å². The molecule has 1 fully saturated rings. The average Bonchev–Trinajstić information content (AvgIpc) is 2.76. The number of amides is 2. The Kier molecular flexibility index (Phi) is 7.64. The lowest BCUT2D eigenvalue weighted by molar-refractivity contribution is -0.136. The first-order valence-electron chi connectivity index (χ1n) is 9.90. The molecule has 2 aromatic rings. The van der Waals surface area contributed by atoms with Crippen LogP contribution in [0.2, 0.25) is 5.02 Å². The fourth-order valence-corrected chi connectivity index (χ4v) is 5.40. The maximum Gasteiger partial charge on any atom is 0.313 e. The number of nitrogens with zero attached hydrogens (tertiary/aromatic N) is 1. The van der Waals surface area contributed by atoms with E-state index in [-0.39, 0.29) is 17.5 Å². The number of rotatable bonds is 6. The van der Waals surface area contributed by atoms with Crippen molar-refractivity contribution < 1.29 is 22.4 Å². The normalized spacial score (nSPS) is 17.2. The number of hydrogen-bond acceptors (Lipinski definition) is 4. The molecule has 0 spiro atoms. The van der Waals surface area contributed by atoms with Gasteiger partial charge in [0.2, 0.25) is 10.0 Å². The number of piperidine rings is 1. The van der Waals surface area contributed by atoms with E-state index in [1.807, 2.05) is 0 Å². The number of sulfonamides is 1. The first-order valence-corrected chi connectivity index (χ1v) is 11.7. The second-order valence-corrected chi connectivity index (χ2v) is 9.50. The number of benzene rings is 2. The number of para-hydroxylation sites is 1. The Morgan fingerprint density at radius 3 is 2.48 bits per heavy atom. The molecule has 0 saturated carbocycles. The molecule has 31 heavy (non-hydrogen) atoms. The summed E-state index contributed by atoms with van der Waals surface area (Å²) in [6.45, 7) is 0.486. The Bertz CT molecular complexity index is 1050. The largest absolute Gasteiger partial charge is 0.348 e. The van der Waals surface area contributed by atoms with Gasteiger partial charge < -0.3 is 10.6 Å². The minimum Gasteiger partial charge on any atom is -0.348 e. The van der Waals surface area contributed by atoms with Gasteiger partial charge in [0.25, 0.3) is 0 Å². The molecule has 1 atom stereocenters. The quantitative estimate of drug-likeness (QED) is 0.638. The molecule has 166 valence electrons. The minimum atomic E-state index is -3.78. The fourth-order valence-electron chi connectivity index (χ4n) is 3.50. The monoisotopic (exact) mass is 467 g/mol.